The number of nitrogens with zero attached hydrogens (tertiary/aromatic N) is 3. The highest BCUT2D eigenvalue weighted by molar-refractivity contribution is 14.0. The maximum atomic E-state index is 5.36. The number of hydrogen-bond donors (Lipinski definition) is 2. The van der Waals surface area contributed by atoms with Gasteiger partial charge in [0.1, 0.15) is 5.01 Å². The number of aromatic nitrogens is 1. The summed E-state index contributed by atoms with van der Waals surface area (Å²) in [6.07, 6.45) is 3.01. The molecule has 2 rings (SSSR count). The molecule has 1 fully saturated rings. The summed E-state index contributed by atoms with van der Waals surface area (Å²) in [5.74, 6) is 0.873. The van der Waals surface area contributed by atoms with Crippen molar-refractivity contribution in [3.63, 3.8) is 0 Å². The lowest BCUT2D eigenvalue weighted by Gasteiger charge is -2.26. The highest BCUT2D eigenvalue weighted by Crippen LogP contribution is 2.11. The quantitative estimate of drug-likeness (QED) is 0.286. The molecule has 0 aromatic carbocycles. The molecule has 8 heteroatoms. The predicted octanol–water partition coefficient (Wildman–Crippen LogP) is 1.85. The summed E-state index contributed by atoms with van der Waals surface area (Å²) in [6.45, 7) is 11.5. The molecule has 1 aliphatic heterocycles. The van der Waals surface area contributed by atoms with Crippen LogP contribution in [0.3, 0.4) is 0 Å². The minimum Gasteiger partial charge on any atom is -0.379 e. The maximum absolute atomic E-state index is 5.36. The van der Waals surface area contributed by atoms with Crippen molar-refractivity contribution >= 4 is 41.3 Å². The normalized spacial score (nSPS) is 16.0. The van der Waals surface area contributed by atoms with E-state index in [1.807, 2.05) is 6.20 Å². The summed E-state index contributed by atoms with van der Waals surface area (Å²) in [4.78, 5) is 12.6. The van der Waals surface area contributed by atoms with Crippen molar-refractivity contribution in [1.29, 1.82) is 0 Å². The first-order valence-electron chi connectivity index (χ1n) is 8.01. The van der Waals surface area contributed by atoms with Gasteiger partial charge in [0, 0.05) is 37.3 Å². The van der Waals surface area contributed by atoms with Crippen LogP contribution in [-0.4, -0.2) is 61.8 Å². The Morgan fingerprint density at radius 3 is 2.83 bits per heavy atom. The number of halogens is 1. The van der Waals surface area contributed by atoms with Crippen LogP contribution in [0.2, 0.25) is 0 Å². The fourth-order valence-corrected chi connectivity index (χ4v) is 3.01. The number of rotatable bonds is 7. The molecule has 0 aliphatic carbocycles. The molecule has 1 aromatic heterocycles. The van der Waals surface area contributed by atoms with Gasteiger partial charge in [-0.2, -0.15) is 0 Å². The molecule has 0 saturated carbocycles. The van der Waals surface area contributed by atoms with Crippen LogP contribution in [0.1, 0.15) is 23.2 Å². The molecule has 23 heavy (non-hydrogen) atoms. The second-order valence-corrected chi connectivity index (χ2v) is 6.61. The Bertz CT molecular complexity index is 462. The van der Waals surface area contributed by atoms with E-state index >= 15 is 0 Å². The number of ether oxygens (including phenoxy) is 1. The lowest BCUT2D eigenvalue weighted by atomic mass is 10.3. The minimum atomic E-state index is 0. The summed E-state index contributed by atoms with van der Waals surface area (Å²) in [5.41, 5.74) is 0. The molecular formula is C15H28IN5OS. The van der Waals surface area contributed by atoms with Gasteiger partial charge in [0.25, 0.3) is 0 Å². The summed E-state index contributed by atoms with van der Waals surface area (Å²) in [6, 6.07) is 0. The van der Waals surface area contributed by atoms with Crippen LogP contribution in [-0.2, 0) is 11.3 Å². The van der Waals surface area contributed by atoms with E-state index in [1.54, 1.807) is 11.3 Å². The van der Waals surface area contributed by atoms with E-state index in [-0.39, 0.29) is 24.0 Å². The van der Waals surface area contributed by atoms with Gasteiger partial charge in [-0.15, -0.1) is 35.3 Å². The zero-order valence-electron chi connectivity index (χ0n) is 14.0. The minimum absolute atomic E-state index is 0. The number of nitrogens with one attached hydrogen (secondary N) is 2. The number of aliphatic imine (C=N–C) groups is 1. The smallest absolute Gasteiger partial charge is 0.191 e. The molecule has 0 bridgehead atoms. The molecule has 1 aromatic rings. The lowest BCUT2D eigenvalue weighted by Crippen LogP contribution is -2.40. The van der Waals surface area contributed by atoms with E-state index in [2.05, 4.69) is 39.4 Å². The molecule has 6 nitrogen and oxygen atoms in total. The average molecular weight is 453 g/mol. The van der Waals surface area contributed by atoms with Gasteiger partial charge in [0.2, 0.25) is 0 Å². The summed E-state index contributed by atoms with van der Waals surface area (Å²) >= 11 is 1.70. The Morgan fingerprint density at radius 2 is 2.17 bits per heavy atom. The summed E-state index contributed by atoms with van der Waals surface area (Å²) < 4.78 is 5.36. The lowest BCUT2D eigenvalue weighted by molar-refractivity contribution is 0.0376. The van der Waals surface area contributed by atoms with Crippen molar-refractivity contribution < 1.29 is 4.74 Å². The third kappa shape index (κ3) is 8.27. The molecule has 2 N–H and O–H groups in total. The van der Waals surface area contributed by atoms with E-state index in [9.17, 15) is 0 Å². The molecule has 132 valence electrons. The molecule has 0 atom stereocenters. The van der Waals surface area contributed by atoms with Crippen LogP contribution in [0.5, 0.6) is 0 Å². The van der Waals surface area contributed by atoms with E-state index in [0.29, 0.717) is 6.54 Å². The second-order valence-electron chi connectivity index (χ2n) is 5.29. The zero-order valence-corrected chi connectivity index (χ0v) is 17.2. The molecule has 0 amide bonds. The van der Waals surface area contributed by atoms with Gasteiger partial charge in [-0.3, -0.25) is 4.90 Å². The van der Waals surface area contributed by atoms with Crippen molar-refractivity contribution in [3.8, 4) is 0 Å². The second kappa shape index (κ2) is 12.0. The highest BCUT2D eigenvalue weighted by Gasteiger charge is 2.09. The van der Waals surface area contributed by atoms with Crippen molar-refractivity contribution in [1.82, 2.24) is 20.5 Å². The molecule has 1 saturated heterocycles. The van der Waals surface area contributed by atoms with Crippen LogP contribution >= 0.6 is 35.3 Å². The number of aryl methyl sites for hydroxylation is 1. The topological polar surface area (TPSA) is 61.8 Å². The van der Waals surface area contributed by atoms with Gasteiger partial charge in [0.15, 0.2) is 5.96 Å². The summed E-state index contributed by atoms with van der Waals surface area (Å²) in [7, 11) is 0. The number of morpholine rings is 1. The van der Waals surface area contributed by atoms with Crippen LogP contribution in [0.25, 0.3) is 0 Å². The van der Waals surface area contributed by atoms with Crippen LogP contribution in [0, 0.1) is 6.92 Å². The Labute approximate surface area is 160 Å². The SMILES string of the molecule is CCNC(=NCc1ncc(C)s1)NCCCN1CCOCC1.I. The monoisotopic (exact) mass is 453 g/mol. The summed E-state index contributed by atoms with van der Waals surface area (Å²) in [5, 5.41) is 7.73. The molecule has 0 unspecified atom stereocenters. The van der Waals surface area contributed by atoms with Gasteiger partial charge >= 0.3 is 0 Å². The van der Waals surface area contributed by atoms with Crippen molar-refractivity contribution in [3.05, 3.63) is 16.1 Å². The zero-order chi connectivity index (χ0) is 15.6. The van der Waals surface area contributed by atoms with E-state index in [1.165, 1.54) is 4.88 Å². The largest absolute Gasteiger partial charge is 0.379 e. The van der Waals surface area contributed by atoms with E-state index in [4.69, 9.17) is 4.74 Å². The van der Waals surface area contributed by atoms with Crippen molar-refractivity contribution in [2.24, 2.45) is 4.99 Å². The van der Waals surface area contributed by atoms with Crippen LogP contribution in [0.15, 0.2) is 11.2 Å². The van der Waals surface area contributed by atoms with E-state index in [0.717, 1.165) is 63.3 Å². The number of hydrogen-bond acceptors (Lipinski definition) is 5. The van der Waals surface area contributed by atoms with E-state index < -0.39 is 0 Å². The fourth-order valence-electron chi connectivity index (χ4n) is 2.30. The Hall–Kier alpha value is -0.450. The molecular weight excluding hydrogens is 425 g/mol. The van der Waals surface area contributed by atoms with Crippen LogP contribution in [0.4, 0.5) is 0 Å². The Morgan fingerprint density at radius 1 is 1.39 bits per heavy atom. The van der Waals surface area contributed by atoms with Gasteiger partial charge in [-0.25, -0.2) is 9.98 Å². The maximum Gasteiger partial charge on any atom is 0.191 e. The van der Waals surface area contributed by atoms with Gasteiger partial charge < -0.3 is 15.4 Å². The molecule has 1 aliphatic rings. The van der Waals surface area contributed by atoms with Crippen molar-refractivity contribution in [2.75, 3.05) is 45.9 Å². The fraction of sp³-hybridized carbons (Fsp3) is 0.733. The first-order valence-corrected chi connectivity index (χ1v) is 8.83. The average Bonchev–Trinajstić information content (AvgIpc) is 2.95. The molecule has 2 heterocycles. The first kappa shape index (κ1) is 20.6. The van der Waals surface area contributed by atoms with Crippen LogP contribution < -0.4 is 10.6 Å². The number of thiazole rings is 1. The Balaban J connectivity index is 0.00000264. The van der Waals surface area contributed by atoms with Crippen molar-refractivity contribution in [2.45, 2.75) is 26.8 Å². The standard InChI is InChI=1S/C15H27N5OS.HI/c1-3-16-15(19-12-14-18-11-13(2)22-14)17-5-4-6-20-7-9-21-10-8-20;/h11H,3-10,12H2,1-2H3,(H2,16,17,19);1H. The third-order valence-corrected chi connectivity index (χ3v) is 4.33. The molecule has 0 radical (unpaired) electrons. The first-order chi connectivity index (χ1) is 10.8. The predicted molar refractivity (Wildman–Crippen MR) is 107 cm³/mol. The third-order valence-electron chi connectivity index (χ3n) is 3.43. The van der Waals surface area contributed by atoms with Gasteiger partial charge in [-0.05, 0) is 26.8 Å². The Kier molecular flexibility index (Phi) is 10.7. The number of guanidine groups is 1. The van der Waals surface area contributed by atoms with Gasteiger partial charge in [-0.1, -0.05) is 0 Å². The highest BCUT2D eigenvalue weighted by atomic mass is 127. The molecule has 0 spiro atoms. The van der Waals surface area contributed by atoms with Gasteiger partial charge in [0.05, 0.1) is 19.8 Å².